The van der Waals surface area contributed by atoms with Crippen LogP contribution in [0.3, 0.4) is 0 Å². The van der Waals surface area contributed by atoms with Crippen LogP contribution in [0, 0.1) is 0 Å². The fourth-order valence-corrected chi connectivity index (χ4v) is 1.99. The first-order valence-corrected chi connectivity index (χ1v) is 6.32. The third kappa shape index (κ3) is 3.02. The molecule has 94 valence electrons. The molecule has 0 atom stereocenters. The molecule has 2 aromatic carbocycles. The Hall–Kier alpha value is -1.09. The normalized spacial score (nSPS) is 10.4. The van der Waals surface area contributed by atoms with E-state index in [1.807, 2.05) is 12.1 Å². The highest BCUT2D eigenvalue weighted by molar-refractivity contribution is 6.42. The van der Waals surface area contributed by atoms with Gasteiger partial charge in [0.25, 0.3) is 0 Å². The van der Waals surface area contributed by atoms with Gasteiger partial charge in [0.05, 0.1) is 15.7 Å². The Morgan fingerprint density at radius 1 is 1.06 bits per heavy atom. The van der Waals surface area contributed by atoms with Crippen molar-refractivity contribution >= 4 is 40.5 Å². The van der Waals surface area contributed by atoms with Gasteiger partial charge in [0.2, 0.25) is 0 Å². The first kappa shape index (κ1) is 13.3. The predicted molar refractivity (Wildman–Crippen MR) is 76.7 cm³/mol. The number of hydrogen-bond donors (Lipinski definition) is 1. The minimum Gasteiger partial charge on any atom is -0.487 e. The van der Waals surface area contributed by atoms with Crippen molar-refractivity contribution in [2.24, 2.45) is 0 Å². The van der Waals surface area contributed by atoms with E-state index in [0.29, 0.717) is 26.5 Å². The minimum atomic E-state index is 0.282. The van der Waals surface area contributed by atoms with Crippen LogP contribution < -0.4 is 10.5 Å². The Kier molecular flexibility index (Phi) is 4.23. The van der Waals surface area contributed by atoms with Gasteiger partial charge in [-0.1, -0.05) is 46.9 Å². The van der Waals surface area contributed by atoms with Gasteiger partial charge >= 0.3 is 0 Å². The van der Waals surface area contributed by atoms with Crippen molar-refractivity contribution in [2.45, 2.75) is 6.61 Å². The molecule has 0 aliphatic carbocycles. The van der Waals surface area contributed by atoms with Crippen LogP contribution in [0.5, 0.6) is 5.75 Å². The topological polar surface area (TPSA) is 35.2 Å². The average Bonchev–Trinajstić information content (AvgIpc) is 2.35. The summed E-state index contributed by atoms with van der Waals surface area (Å²) in [6.07, 6.45) is 0. The molecule has 2 rings (SSSR count). The second-order valence-electron chi connectivity index (χ2n) is 3.68. The van der Waals surface area contributed by atoms with Gasteiger partial charge in [0.15, 0.2) is 0 Å². The van der Waals surface area contributed by atoms with Gasteiger partial charge in [-0.3, -0.25) is 0 Å². The first-order valence-electron chi connectivity index (χ1n) is 5.18. The molecule has 18 heavy (non-hydrogen) atoms. The molecule has 0 spiro atoms. The van der Waals surface area contributed by atoms with Gasteiger partial charge in [0.1, 0.15) is 12.4 Å². The van der Waals surface area contributed by atoms with Crippen LogP contribution in [-0.4, -0.2) is 0 Å². The molecule has 0 fully saturated rings. The first-order chi connectivity index (χ1) is 8.58. The van der Waals surface area contributed by atoms with Crippen molar-refractivity contribution in [1.29, 1.82) is 0 Å². The number of rotatable bonds is 3. The highest BCUT2D eigenvalue weighted by Gasteiger charge is 2.07. The van der Waals surface area contributed by atoms with E-state index < -0.39 is 0 Å². The lowest BCUT2D eigenvalue weighted by atomic mass is 10.2. The third-order valence-corrected chi connectivity index (χ3v) is 3.48. The summed E-state index contributed by atoms with van der Waals surface area (Å²) in [4.78, 5) is 0. The highest BCUT2D eigenvalue weighted by Crippen LogP contribution is 2.29. The highest BCUT2D eigenvalue weighted by atomic mass is 35.5. The smallest absolute Gasteiger partial charge is 0.144 e. The van der Waals surface area contributed by atoms with E-state index in [0.717, 1.165) is 5.56 Å². The molecule has 0 saturated heterocycles. The van der Waals surface area contributed by atoms with Crippen molar-refractivity contribution in [1.82, 2.24) is 0 Å². The van der Waals surface area contributed by atoms with E-state index in [9.17, 15) is 0 Å². The fourth-order valence-electron chi connectivity index (χ4n) is 1.45. The van der Waals surface area contributed by atoms with Crippen molar-refractivity contribution in [3.05, 3.63) is 57.0 Å². The van der Waals surface area contributed by atoms with E-state index >= 15 is 0 Å². The van der Waals surface area contributed by atoms with Crippen LogP contribution in [0.15, 0.2) is 36.4 Å². The lowest BCUT2D eigenvalue weighted by molar-refractivity contribution is 0.308. The van der Waals surface area contributed by atoms with Crippen LogP contribution >= 0.6 is 34.8 Å². The maximum atomic E-state index is 6.06. The summed E-state index contributed by atoms with van der Waals surface area (Å²) in [6.45, 7) is 0.282. The Bertz CT molecular complexity index is 570. The molecule has 0 saturated carbocycles. The zero-order chi connectivity index (χ0) is 13.1. The number of anilines is 1. The summed E-state index contributed by atoms with van der Waals surface area (Å²) in [5.74, 6) is 0.526. The maximum Gasteiger partial charge on any atom is 0.144 e. The lowest BCUT2D eigenvalue weighted by Gasteiger charge is -2.10. The summed E-state index contributed by atoms with van der Waals surface area (Å²) in [5.41, 5.74) is 7.10. The third-order valence-electron chi connectivity index (χ3n) is 2.39. The standard InChI is InChI=1S/C13H10Cl3NO/c14-9-4-5-11(17)12(6-9)18-7-8-2-1-3-10(15)13(8)16/h1-6H,7,17H2. The summed E-state index contributed by atoms with van der Waals surface area (Å²) < 4.78 is 5.59. The molecular formula is C13H10Cl3NO. The second-order valence-corrected chi connectivity index (χ2v) is 4.91. The van der Waals surface area contributed by atoms with E-state index in [1.165, 1.54) is 0 Å². The summed E-state index contributed by atoms with van der Waals surface area (Å²) in [5, 5.41) is 1.55. The molecule has 5 heteroatoms. The zero-order valence-electron chi connectivity index (χ0n) is 9.29. The Balaban J connectivity index is 2.16. The fraction of sp³-hybridized carbons (Fsp3) is 0.0769. The minimum absolute atomic E-state index is 0.282. The monoisotopic (exact) mass is 301 g/mol. The molecule has 0 amide bonds. The van der Waals surface area contributed by atoms with Gasteiger partial charge in [-0.05, 0) is 18.2 Å². The van der Waals surface area contributed by atoms with Gasteiger partial charge in [-0.25, -0.2) is 0 Å². The van der Waals surface area contributed by atoms with Gasteiger partial charge in [0, 0.05) is 16.7 Å². The molecule has 0 aromatic heterocycles. The number of hydrogen-bond acceptors (Lipinski definition) is 2. The van der Waals surface area contributed by atoms with Crippen LogP contribution in [0.2, 0.25) is 15.1 Å². The number of halogens is 3. The number of nitrogens with two attached hydrogens (primary N) is 1. The quantitative estimate of drug-likeness (QED) is 0.826. The average molecular weight is 303 g/mol. The molecule has 0 radical (unpaired) electrons. The molecule has 0 heterocycles. The van der Waals surface area contributed by atoms with E-state index in [1.54, 1.807) is 24.3 Å². The van der Waals surface area contributed by atoms with Gasteiger partial charge in [-0.15, -0.1) is 0 Å². The summed E-state index contributed by atoms with van der Waals surface area (Å²) in [7, 11) is 0. The SMILES string of the molecule is Nc1ccc(Cl)cc1OCc1cccc(Cl)c1Cl. The van der Waals surface area contributed by atoms with E-state index in [2.05, 4.69) is 0 Å². The Labute approximate surface area is 120 Å². The van der Waals surface area contributed by atoms with Crippen LogP contribution in [-0.2, 0) is 6.61 Å². The van der Waals surface area contributed by atoms with Crippen LogP contribution in [0.25, 0.3) is 0 Å². The molecular weight excluding hydrogens is 293 g/mol. The molecule has 2 N–H and O–H groups in total. The number of ether oxygens (including phenoxy) is 1. The predicted octanol–water partition coefficient (Wildman–Crippen LogP) is 4.81. The van der Waals surface area contributed by atoms with Crippen molar-refractivity contribution in [3.63, 3.8) is 0 Å². The Morgan fingerprint density at radius 3 is 2.61 bits per heavy atom. The van der Waals surface area contributed by atoms with Crippen molar-refractivity contribution in [3.8, 4) is 5.75 Å². The summed E-state index contributed by atoms with van der Waals surface area (Å²) in [6, 6.07) is 10.4. The molecule has 0 aliphatic rings. The maximum absolute atomic E-state index is 6.06. The summed E-state index contributed by atoms with van der Waals surface area (Å²) >= 11 is 17.9. The van der Waals surface area contributed by atoms with Crippen LogP contribution in [0.4, 0.5) is 5.69 Å². The largest absolute Gasteiger partial charge is 0.487 e. The number of benzene rings is 2. The lowest BCUT2D eigenvalue weighted by Crippen LogP contribution is -1.99. The molecule has 0 bridgehead atoms. The van der Waals surface area contributed by atoms with Gasteiger partial charge in [-0.2, -0.15) is 0 Å². The van der Waals surface area contributed by atoms with Crippen molar-refractivity contribution in [2.75, 3.05) is 5.73 Å². The Morgan fingerprint density at radius 2 is 1.83 bits per heavy atom. The second kappa shape index (κ2) is 5.70. The molecule has 0 aliphatic heterocycles. The van der Waals surface area contributed by atoms with Gasteiger partial charge < -0.3 is 10.5 Å². The van der Waals surface area contributed by atoms with E-state index in [4.69, 9.17) is 45.3 Å². The zero-order valence-corrected chi connectivity index (χ0v) is 11.6. The van der Waals surface area contributed by atoms with Crippen molar-refractivity contribution < 1.29 is 4.74 Å². The molecule has 2 aromatic rings. The molecule has 0 unspecified atom stereocenters. The van der Waals surface area contributed by atoms with E-state index in [-0.39, 0.29) is 6.61 Å². The number of nitrogen functional groups attached to an aromatic ring is 1. The van der Waals surface area contributed by atoms with Crippen LogP contribution in [0.1, 0.15) is 5.56 Å². The molecule has 2 nitrogen and oxygen atoms in total.